The number of ether oxygens (including phenoxy) is 1. The van der Waals surface area contributed by atoms with E-state index in [0.29, 0.717) is 13.2 Å². The quantitative estimate of drug-likeness (QED) is 0.634. The van der Waals surface area contributed by atoms with Gasteiger partial charge in [-0.05, 0) is 54.1 Å². The van der Waals surface area contributed by atoms with Crippen LogP contribution in [-0.4, -0.2) is 101 Å². The van der Waals surface area contributed by atoms with Crippen LogP contribution in [-0.2, 0) is 9.53 Å². The molecular weight excluding hydrogens is 268 g/mol. The smallest absolute Gasteiger partial charge is 0.242 e. The van der Waals surface area contributed by atoms with E-state index in [9.17, 15) is 4.79 Å². The zero-order chi connectivity index (χ0) is 15.7. The molecule has 0 saturated carbocycles. The lowest BCUT2D eigenvalue weighted by atomic mass is 10.2. The summed E-state index contributed by atoms with van der Waals surface area (Å²) in [6, 6.07) is -0.169. The average molecular weight is 300 g/mol. The van der Waals surface area contributed by atoms with E-state index in [1.807, 2.05) is 4.90 Å². The summed E-state index contributed by atoms with van der Waals surface area (Å²) in [6.45, 7) is 5.62. The third-order valence-corrected chi connectivity index (χ3v) is 3.60. The van der Waals surface area contributed by atoms with E-state index in [0.717, 1.165) is 45.6 Å². The molecule has 1 rings (SSSR count). The molecule has 1 amide bonds. The van der Waals surface area contributed by atoms with E-state index >= 15 is 0 Å². The standard InChI is InChI=1S/C15H32N4O2/c1-17(2)8-5-10-19(11-6-9-18(3)4)15(20)14-13-21-12-7-16-14/h14,16H,5-13H2,1-4H3. The average Bonchev–Trinajstić information content (AvgIpc) is 2.45. The molecule has 0 aromatic heterocycles. The number of hydrogen-bond acceptors (Lipinski definition) is 5. The molecule has 21 heavy (non-hydrogen) atoms. The van der Waals surface area contributed by atoms with Crippen molar-refractivity contribution >= 4 is 5.91 Å². The molecule has 1 atom stereocenters. The SMILES string of the molecule is CN(C)CCCN(CCCN(C)C)C(=O)C1COCCN1. The summed E-state index contributed by atoms with van der Waals surface area (Å²) in [4.78, 5) is 18.9. The van der Waals surface area contributed by atoms with Gasteiger partial charge in [0.1, 0.15) is 6.04 Å². The molecule has 0 radical (unpaired) electrons. The number of rotatable bonds is 9. The van der Waals surface area contributed by atoms with Gasteiger partial charge in [0.05, 0.1) is 13.2 Å². The predicted molar refractivity (Wildman–Crippen MR) is 85.5 cm³/mol. The van der Waals surface area contributed by atoms with E-state index in [2.05, 4.69) is 43.3 Å². The summed E-state index contributed by atoms with van der Waals surface area (Å²) in [5.74, 6) is 0.187. The number of amides is 1. The highest BCUT2D eigenvalue weighted by Gasteiger charge is 2.25. The van der Waals surface area contributed by atoms with Crippen molar-refractivity contribution in [1.29, 1.82) is 0 Å². The van der Waals surface area contributed by atoms with Crippen molar-refractivity contribution < 1.29 is 9.53 Å². The van der Waals surface area contributed by atoms with Crippen LogP contribution >= 0.6 is 0 Å². The first-order chi connectivity index (χ1) is 10.0. The van der Waals surface area contributed by atoms with Crippen LogP contribution in [0.25, 0.3) is 0 Å². The van der Waals surface area contributed by atoms with Crippen LogP contribution in [0, 0.1) is 0 Å². The second kappa shape index (κ2) is 10.1. The first kappa shape index (κ1) is 18.4. The molecule has 1 aliphatic heterocycles. The normalized spacial score (nSPS) is 19.2. The minimum absolute atomic E-state index is 0.169. The van der Waals surface area contributed by atoms with Crippen molar-refractivity contribution in [3.8, 4) is 0 Å². The van der Waals surface area contributed by atoms with Crippen LogP contribution in [0.1, 0.15) is 12.8 Å². The molecule has 0 aliphatic carbocycles. The Labute approximate surface area is 129 Å². The summed E-state index contributed by atoms with van der Waals surface area (Å²) in [5.41, 5.74) is 0. The Kier molecular flexibility index (Phi) is 8.84. The van der Waals surface area contributed by atoms with Crippen molar-refractivity contribution in [2.24, 2.45) is 0 Å². The predicted octanol–water partition coefficient (Wildman–Crippen LogP) is -0.293. The lowest BCUT2D eigenvalue weighted by Crippen LogP contribution is -2.53. The molecule has 1 aliphatic rings. The van der Waals surface area contributed by atoms with Crippen molar-refractivity contribution in [3.05, 3.63) is 0 Å². The monoisotopic (exact) mass is 300 g/mol. The van der Waals surface area contributed by atoms with Gasteiger partial charge in [0.2, 0.25) is 5.91 Å². The highest BCUT2D eigenvalue weighted by Crippen LogP contribution is 2.04. The molecular formula is C15H32N4O2. The topological polar surface area (TPSA) is 48.0 Å². The molecule has 124 valence electrons. The van der Waals surface area contributed by atoms with Crippen LogP contribution in [0.5, 0.6) is 0 Å². The molecule has 1 heterocycles. The largest absolute Gasteiger partial charge is 0.378 e. The number of hydrogen-bond donors (Lipinski definition) is 1. The maximum absolute atomic E-state index is 12.6. The van der Waals surface area contributed by atoms with E-state index in [1.165, 1.54) is 0 Å². The molecule has 1 unspecified atom stereocenters. The van der Waals surface area contributed by atoms with Gasteiger partial charge in [-0.2, -0.15) is 0 Å². The fourth-order valence-electron chi connectivity index (χ4n) is 2.43. The summed E-state index contributed by atoms with van der Waals surface area (Å²) < 4.78 is 5.41. The number of carbonyl (C=O) groups excluding carboxylic acids is 1. The molecule has 6 nitrogen and oxygen atoms in total. The fraction of sp³-hybridized carbons (Fsp3) is 0.933. The zero-order valence-corrected chi connectivity index (χ0v) is 14.1. The minimum Gasteiger partial charge on any atom is -0.378 e. The Morgan fingerprint density at radius 2 is 1.62 bits per heavy atom. The highest BCUT2D eigenvalue weighted by atomic mass is 16.5. The second-order valence-corrected chi connectivity index (χ2v) is 6.22. The molecule has 1 N–H and O–H groups in total. The first-order valence-electron chi connectivity index (χ1n) is 7.90. The zero-order valence-electron chi connectivity index (χ0n) is 14.1. The number of nitrogens with zero attached hydrogens (tertiary/aromatic N) is 3. The number of carbonyl (C=O) groups is 1. The Bertz CT molecular complexity index is 277. The summed E-state index contributed by atoms with van der Waals surface area (Å²) in [7, 11) is 8.26. The van der Waals surface area contributed by atoms with Crippen LogP contribution in [0.2, 0.25) is 0 Å². The first-order valence-corrected chi connectivity index (χ1v) is 7.90. The third-order valence-electron chi connectivity index (χ3n) is 3.60. The van der Waals surface area contributed by atoms with Crippen LogP contribution < -0.4 is 5.32 Å². The number of morpholine rings is 1. The molecule has 6 heteroatoms. The van der Waals surface area contributed by atoms with Gasteiger partial charge in [-0.3, -0.25) is 4.79 Å². The molecule has 1 fully saturated rings. The summed E-state index contributed by atoms with van der Waals surface area (Å²) in [6.07, 6.45) is 2.02. The van der Waals surface area contributed by atoms with E-state index in [4.69, 9.17) is 4.74 Å². The van der Waals surface area contributed by atoms with Gasteiger partial charge in [-0.25, -0.2) is 0 Å². The van der Waals surface area contributed by atoms with Crippen LogP contribution in [0.3, 0.4) is 0 Å². The molecule has 0 bridgehead atoms. The van der Waals surface area contributed by atoms with Gasteiger partial charge in [0, 0.05) is 19.6 Å². The lowest BCUT2D eigenvalue weighted by molar-refractivity contribution is -0.136. The molecule has 0 spiro atoms. The third kappa shape index (κ3) is 7.76. The van der Waals surface area contributed by atoms with Crippen molar-refractivity contribution in [2.45, 2.75) is 18.9 Å². The fourth-order valence-corrected chi connectivity index (χ4v) is 2.43. The Balaban J connectivity index is 2.45. The van der Waals surface area contributed by atoms with Gasteiger partial charge in [-0.15, -0.1) is 0 Å². The van der Waals surface area contributed by atoms with Crippen molar-refractivity contribution in [1.82, 2.24) is 20.0 Å². The lowest BCUT2D eigenvalue weighted by Gasteiger charge is -2.30. The Morgan fingerprint density at radius 1 is 1.05 bits per heavy atom. The van der Waals surface area contributed by atoms with Crippen molar-refractivity contribution in [3.63, 3.8) is 0 Å². The summed E-state index contributed by atoms with van der Waals surface area (Å²) in [5, 5.41) is 3.26. The van der Waals surface area contributed by atoms with Gasteiger partial charge in [0.15, 0.2) is 0 Å². The van der Waals surface area contributed by atoms with Gasteiger partial charge in [0.25, 0.3) is 0 Å². The Hall–Kier alpha value is -0.690. The van der Waals surface area contributed by atoms with E-state index in [-0.39, 0.29) is 11.9 Å². The van der Waals surface area contributed by atoms with Gasteiger partial charge in [-0.1, -0.05) is 0 Å². The van der Waals surface area contributed by atoms with Crippen LogP contribution in [0.15, 0.2) is 0 Å². The maximum atomic E-state index is 12.6. The highest BCUT2D eigenvalue weighted by molar-refractivity contribution is 5.82. The van der Waals surface area contributed by atoms with E-state index < -0.39 is 0 Å². The Morgan fingerprint density at radius 3 is 2.05 bits per heavy atom. The molecule has 0 aromatic rings. The maximum Gasteiger partial charge on any atom is 0.242 e. The summed E-state index contributed by atoms with van der Waals surface area (Å²) >= 11 is 0. The van der Waals surface area contributed by atoms with E-state index in [1.54, 1.807) is 0 Å². The molecule has 0 aromatic carbocycles. The van der Waals surface area contributed by atoms with Crippen molar-refractivity contribution in [2.75, 3.05) is 74.1 Å². The van der Waals surface area contributed by atoms with Gasteiger partial charge >= 0.3 is 0 Å². The van der Waals surface area contributed by atoms with Gasteiger partial charge < -0.3 is 24.8 Å². The molecule has 1 saturated heterocycles. The number of nitrogens with one attached hydrogen (secondary N) is 1. The van der Waals surface area contributed by atoms with Crippen LogP contribution in [0.4, 0.5) is 0 Å². The second-order valence-electron chi connectivity index (χ2n) is 6.22. The minimum atomic E-state index is -0.169.